The van der Waals surface area contributed by atoms with E-state index < -0.39 is 11.6 Å². The second kappa shape index (κ2) is 7.96. The Hall–Kier alpha value is -2.27. The van der Waals surface area contributed by atoms with E-state index in [0.29, 0.717) is 12.0 Å². The highest BCUT2D eigenvalue weighted by Gasteiger charge is 2.34. The van der Waals surface area contributed by atoms with E-state index in [0.717, 1.165) is 31.5 Å². The number of carbonyl (C=O) groups is 1. The zero-order valence-corrected chi connectivity index (χ0v) is 15.2. The van der Waals surface area contributed by atoms with Crippen LogP contribution in [0.4, 0.5) is 14.5 Å². The number of halogens is 2. The molecule has 3 rings (SSSR count). The number of hydrogen-bond acceptors (Lipinski definition) is 1. The maximum atomic E-state index is 13.7. The number of amides is 1. The topological polar surface area (TPSA) is 33.5 Å². The molecule has 0 saturated heterocycles. The van der Waals surface area contributed by atoms with Gasteiger partial charge < -0.3 is 10.2 Å². The third-order valence-corrected chi connectivity index (χ3v) is 4.83. The second-order valence-electron chi connectivity index (χ2n) is 7.35. The summed E-state index contributed by atoms with van der Waals surface area (Å²) in [5.74, 6) is -1.17. The summed E-state index contributed by atoms with van der Waals surface area (Å²) >= 11 is 0. The molecule has 0 heterocycles. The molecule has 1 saturated carbocycles. The molecule has 1 aliphatic carbocycles. The van der Waals surface area contributed by atoms with E-state index >= 15 is 0 Å². The van der Waals surface area contributed by atoms with Gasteiger partial charge in [0.2, 0.25) is 0 Å². The minimum Gasteiger partial charge on any atom is -0.321 e. The van der Waals surface area contributed by atoms with Crippen molar-refractivity contribution in [3.8, 4) is 0 Å². The van der Waals surface area contributed by atoms with Crippen molar-refractivity contribution in [3.05, 3.63) is 65.2 Å². The molecule has 0 radical (unpaired) electrons. The molecule has 0 aromatic heterocycles. The van der Waals surface area contributed by atoms with Crippen molar-refractivity contribution in [1.82, 2.24) is 0 Å². The van der Waals surface area contributed by atoms with Gasteiger partial charge in [-0.15, -0.1) is 0 Å². The van der Waals surface area contributed by atoms with Crippen LogP contribution in [0.5, 0.6) is 0 Å². The molecule has 1 atom stereocenters. The van der Waals surface area contributed by atoms with E-state index in [9.17, 15) is 13.6 Å². The molecule has 1 amide bonds. The number of benzene rings is 2. The van der Waals surface area contributed by atoms with Crippen LogP contribution in [0.1, 0.15) is 43.7 Å². The van der Waals surface area contributed by atoms with Crippen molar-refractivity contribution < 1.29 is 18.5 Å². The second-order valence-corrected chi connectivity index (χ2v) is 7.35. The van der Waals surface area contributed by atoms with E-state index in [1.165, 1.54) is 22.1 Å². The first-order valence-electron chi connectivity index (χ1n) is 9.10. The standard InChI is InChI=1S/C21H24F2N2O/c1-14(2)16-5-3-15(4-6-16)12-25(18-8-9-18)13-21(26)24-20-10-7-17(22)11-19(20)23/h3-7,10-11,14,18H,8-9,12-13H2,1-2H3,(H,24,26)/p+1. The van der Waals surface area contributed by atoms with E-state index in [1.54, 1.807) is 0 Å². The van der Waals surface area contributed by atoms with E-state index in [-0.39, 0.29) is 18.1 Å². The average molecular weight is 359 g/mol. The van der Waals surface area contributed by atoms with Gasteiger partial charge in [-0.3, -0.25) is 4.79 Å². The minimum atomic E-state index is -0.754. The lowest BCUT2D eigenvalue weighted by atomic mass is 10.0. The van der Waals surface area contributed by atoms with Gasteiger partial charge in [-0.05, 0) is 23.6 Å². The van der Waals surface area contributed by atoms with E-state index in [4.69, 9.17) is 0 Å². The molecule has 1 fully saturated rings. The highest BCUT2D eigenvalue weighted by Crippen LogP contribution is 2.18. The molecule has 26 heavy (non-hydrogen) atoms. The fourth-order valence-electron chi connectivity index (χ4n) is 3.12. The fraction of sp³-hybridized carbons (Fsp3) is 0.381. The van der Waals surface area contributed by atoms with Crippen LogP contribution in [0, 0.1) is 11.6 Å². The molecule has 2 aromatic rings. The Morgan fingerprint density at radius 1 is 1.15 bits per heavy atom. The van der Waals surface area contributed by atoms with Crippen LogP contribution in [-0.4, -0.2) is 18.5 Å². The quantitative estimate of drug-likeness (QED) is 0.782. The van der Waals surface area contributed by atoms with Crippen molar-refractivity contribution in [2.45, 2.75) is 45.2 Å². The van der Waals surface area contributed by atoms with Crippen LogP contribution in [-0.2, 0) is 11.3 Å². The van der Waals surface area contributed by atoms with Gasteiger partial charge in [0.25, 0.3) is 5.91 Å². The molecule has 0 spiro atoms. The summed E-state index contributed by atoms with van der Waals surface area (Å²) in [7, 11) is 0. The zero-order chi connectivity index (χ0) is 18.7. The van der Waals surface area contributed by atoms with Crippen LogP contribution < -0.4 is 10.2 Å². The van der Waals surface area contributed by atoms with Crippen molar-refractivity contribution in [3.63, 3.8) is 0 Å². The first kappa shape index (κ1) is 18.5. The highest BCUT2D eigenvalue weighted by atomic mass is 19.1. The normalized spacial score (nSPS) is 15.1. The van der Waals surface area contributed by atoms with Crippen LogP contribution in [0.2, 0.25) is 0 Å². The molecule has 2 N–H and O–H groups in total. The first-order chi connectivity index (χ1) is 12.4. The lowest BCUT2D eigenvalue weighted by molar-refractivity contribution is -0.916. The number of nitrogens with one attached hydrogen (secondary N) is 2. The zero-order valence-electron chi connectivity index (χ0n) is 15.2. The van der Waals surface area contributed by atoms with Crippen LogP contribution in [0.25, 0.3) is 0 Å². The van der Waals surface area contributed by atoms with Gasteiger partial charge in [0.05, 0.1) is 11.7 Å². The predicted octanol–water partition coefficient (Wildman–Crippen LogP) is 3.27. The summed E-state index contributed by atoms with van der Waals surface area (Å²) in [5.41, 5.74) is 2.51. The largest absolute Gasteiger partial charge is 0.321 e. The van der Waals surface area contributed by atoms with Crippen molar-refractivity contribution in [2.75, 3.05) is 11.9 Å². The van der Waals surface area contributed by atoms with Crippen LogP contribution >= 0.6 is 0 Å². The summed E-state index contributed by atoms with van der Waals surface area (Å²) in [4.78, 5) is 13.5. The van der Waals surface area contributed by atoms with Gasteiger partial charge in [0.15, 0.2) is 6.54 Å². The highest BCUT2D eigenvalue weighted by molar-refractivity contribution is 5.91. The number of carbonyl (C=O) groups excluding carboxylic acids is 1. The Labute approximate surface area is 153 Å². The van der Waals surface area contributed by atoms with Crippen molar-refractivity contribution in [1.29, 1.82) is 0 Å². The first-order valence-corrected chi connectivity index (χ1v) is 9.10. The average Bonchev–Trinajstić information content (AvgIpc) is 3.42. The van der Waals surface area contributed by atoms with Gasteiger partial charge in [-0.1, -0.05) is 38.1 Å². The van der Waals surface area contributed by atoms with Crippen LogP contribution in [0.3, 0.4) is 0 Å². The van der Waals surface area contributed by atoms with Crippen molar-refractivity contribution >= 4 is 11.6 Å². The Bertz CT molecular complexity index is 770. The Morgan fingerprint density at radius 2 is 1.85 bits per heavy atom. The molecule has 2 aromatic carbocycles. The fourth-order valence-corrected chi connectivity index (χ4v) is 3.12. The Morgan fingerprint density at radius 3 is 2.42 bits per heavy atom. The summed E-state index contributed by atoms with van der Waals surface area (Å²) in [6, 6.07) is 12.2. The number of quaternary nitrogens is 1. The number of hydrogen-bond donors (Lipinski definition) is 2. The third-order valence-electron chi connectivity index (χ3n) is 4.83. The third kappa shape index (κ3) is 4.88. The number of rotatable bonds is 7. The van der Waals surface area contributed by atoms with Gasteiger partial charge in [-0.2, -0.15) is 0 Å². The van der Waals surface area contributed by atoms with Crippen molar-refractivity contribution in [2.24, 2.45) is 0 Å². The maximum Gasteiger partial charge on any atom is 0.279 e. The maximum absolute atomic E-state index is 13.7. The van der Waals surface area contributed by atoms with Gasteiger partial charge >= 0.3 is 0 Å². The Balaban J connectivity index is 1.62. The molecule has 0 aliphatic heterocycles. The summed E-state index contributed by atoms with van der Waals surface area (Å²) in [5, 5.41) is 2.56. The molecular weight excluding hydrogens is 334 g/mol. The van der Waals surface area contributed by atoms with Gasteiger partial charge in [-0.25, -0.2) is 8.78 Å². The molecule has 5 heteroatoms. The summed E-state index contributed by atoms with van der Waals surface area (Å²) < 4.78 is 26.7. The monoisotopic (exact) mass is 359 g/mol. The van der Waals surface area contributed by atoms with Crippen LogP contribution in [0.15, 0.2) is 42.5 Å². The smallest absolute Gasteiger partial charge is 0.279 e. The summed E-state index contributed by atoms with van der Waals surface area (Å²) in [6.07, 6.45) is 2.22. The molecule has 3 nitrogen and oxygen atoms in total. The van der Waals surface area contributed by atoms with E-state index in [2.05, 4.69) is 43.4 Å². The van der Waals surface area contributed by atoms with Gasteiger partial charge in [0, 0.05) is 24.5 Å². The molecule has 138 valence electrons. The van der Waals surface area contributed by atoms with E-state index in [1.807, 2.05) is 0 Å². The SMILES string of the molecule is CC(C)c1ccc(C[NH+](CC(=O)Nc2ccc(F)cc2F)C2CC2)cc1. The summed E-state index contributed by atoms with van der Waals surface area (Å²) in [6.45, 7) is 5.36. The Kier molecular flexibility index (Phi) is 5.67. The lowest BCUT2D eigenvalue weighted by Gasteiger charge is -2.19. The molecule has 0 bridgehead atoms. The lowest BCUT2D eigenvalue weighted by Crippen LogP contribution is -3.13. The molecule has 1 aliphatic rings. The van der Waals surface area contributed by atoms with Gasteiger partial charge in [0.1, 0.15) is 18.2 Å². The molecular formula is C21H25F2N2O+. The number of anilines is 1. The predicted molar refractivity (Wildman–Crippen MR) is 98.1 cm³/mol. The minimum absolute atomic E-state index is 0.0211. The molecule has 1 unspecified atom stereocenters.